The first-order chi connectivity index (χ1) is 8.08. The number of hydrogen-bond acceptors (Lipinski definition) is 4. The van der Waals surface area contributed by atoms with Crippen molar-refractivity contribution in [3.63, 3.8) is 0 Å². The number of aliphatic hydroxyl groups is 1. The van der Waals surface area contributed by atoms with E-state index in [0.29, 0.717) is 17.8 Å². The van der Waals surface area contributed by atoms with Gasteiger partial charge >= 0.3 is 0 Å². The van der Waals surface area contributed by atoms with Crippen molar-refractivity contribution in [3.05, 3.63) is 23.8 Å². The lowest BCUT2D eigenvalue weighted by molar-refractivity contribution is 0.101. The van der Waals surface area contributed by atoms with Gasteiger partial charge in [0, 0.05) is 30.0 Å². The number of anilines is 2. The van der Waals surface area contributed by atoms with Crippen LogP contribution in [-0.2, 0) is 0 Å². The van der Waals surface area contributed by atoms with Crippen LogP contribution in [0.3, 0.4) is 0 Å². The molecule has 0 radical (unpaired) electrons. The molecule has 1 aromatic carbocycles. The second-order valence-corrected chi connectivity index (χ2v) is 4.57. The zero-order chi connectivity index (χ0) is 12.4. The van der Waals surface area contributed by atoms with Gasteiger partial charge in [-0.05, 0) is 38.0 Å². The molecule has 2 rings (SSSR count). The Morgan fingerprint density at radius 3 is 2.88 bits per heavy atom. The Balaban J connectivity index is 2.22. The van der Waals surface area contributed by atoms with Gasteiger partial charge in [-0.25, -0.2) is 0 Å². The Bertz CT molecular complexity index is 431. The van der Waals surface area contributed by atoms with Crippen LogP contribution in [0.25, 0.3) is 0 Å². The van der Waals surface area contributed by atoms with E-state index in [1.54, 1.807) is 6.07 Å². The standard InChI is InChI=1S/C13H18N2O2/c1-9(16)12-5-4-10(7-13(12)14)15-6-2-3-11(17)8-15/h4-5,7,11,17H,2-3,6,8,14H2,1H3. The van der Waals surface area contributed by atoms with Crippen molar-refractivity contribution in [2.24, 2.45) is 0 Å². The first kappa shape index (κ1) is 11.9. The number of rotatable bonds is 2. The largest absolute Gasteiger partial charge is 0.398 e. The molecule has 1 atom stereocenters. The minimum absolute atomic E-state index is 0.0206. The molecule has 1 aliphatic rings. The Morgan fingerprint density at radius 1 is 1.53 bits per heavy atom. The lowest BCUT2D eigenvalue weighted by Gasteiger charge is -2.32. The van der Waals surface area contributed by atoms with E-state index in [0.717, 1.165) is 25.1 Å². The summed E-state index contributed by atoms with van der Waals surface area (Å²) in [4.78, 5) is 13.4. The van der Waals surface area contributed by atoms with Crippen LogP contribution >= 0.6 is 0 Å². The van der Waals surface area contributed by atoms with Crippen LogP contribution in [0.15, 0.2) is 18.2 Å². The topological polar surface area (TPSA) is 66.6 Å². The molecule has 0 amide bonds. The second-order valence-electron chi connectivity index (χ2n) is 4.57. The maximum Gasteiger partial charge on any atom is 0.161 e. The molecule has 0 spiro atoms. The lowest BCUT2D eigenvalue weighted by Crippen LogP contribution is -2.38. The summed E-state index contributed by atoms with van der Waals surface area (Å²) in [5.41, 5.74) is 7.90. The van der Waals surface area contributed by atoms with Gasteiger partial charge in [-0.15, -0.1) is 0 Å². The Kier molecular flexibility index (Phi) is 3.33. The van der Waals surface area contributed by atoms with Gasteiger partial charge in [-0.1, -0.05) is 0 Å². The average molecular weight is 234 g/mol. The van der Waals surface area contributed by atoms with E-state index in [2.05, 4.69) is 4.90 Å². The Morgan fingerprint density at radius 2 is 2.29 bits per heavy atom. The summed E-state index contributed by atoms with van der Waals surface area (Å²) in [6.45, 7) is 3.07. The third-order valence-corrected chi connectivity index (χ3v) is 3.18. The third kappa shape index (κ3) is 2.58. The highest BCUT2D eigenvalue weighted by atomic mass is 16.3. The van der Waals surface area contributed by atoms with Crippen LogP contribution in [0.1, 0.15) is 30.1 Å². The van der Waals surface area contributed by atoms with Crippen molar-refractivity contribution >= 4 is 17.2 Å². The Labute approximate surface area is 101 Å². The highest BCUT2D eigenvalue weighted by molar-refractivity contribution is 5.99. The van der Waals surface area contributed by atoms with E-state index in [4.69, 9.17) is 5.73 Å². The van der Waals surface area contributed by atoms with Crippen molar-refractivity contribution in [1.82, 2.24) is 0 Å². The molecule has 92 valence electrons. The molecule has 1 saturated heterocycles. The maximum atomic E-state index is 11.3. The number of piperidine rings is 1. The quantitative estimate of drug-likeness (QED) is 0.600. The molecule has 1 unspecified atom stereocenters. The van der Waals surface area contributed by atoms with Gasteiger partial charge in [0.2, 0.25) is 0 Å². The molecule has 1 heterocycles. The zero-order valence-electron chi connectivity index (χ0n) is 10.0. The molecule has 1 fully saturated rings. The molecule has 0 bridgehead atoms. The summed E-state index contributed by atoms with van der Waals surface area (Å²) in [5, 5.41) is 9.63. The van der Waals surface area contributed by atoms with E-state index in [9.17, 15) is 9.90 Å². The fourth-order valence-corrected chi connectivity index (χ4v) is 2.26. The average Bonchev–Trinajstić information content (AvgIpc) is 2.28. The van der Waals surface area contributed by atoms with Crippen molar-refractivity contribution in [2.45, 2.75) is 25.9 Å². The summed E-state index contributed by atoms with van der Waals surface area (Å²) in [6, 6.07) is 5.47. The number of Topliss-reactive ketones (excluding diaryl/α,β-unsaturated/α-hetero) is 1. The molecule has 3 N–H and O–H groups in total. The molecule has 1 aromatic rings. The maximum absolute atomic E-state index is 11.3. The fraction of sp³-hybridized carbons (Fsp3) is 0.462. The number of ketones is 1. The van der Waals surface area contributed by atoms with Crippen molar-refractivity contribution < 1.29 is 9.90 Å². The highest BCUT2D eigenvalue weighted by Crippen LogP contribution is 2.24. The van der Waals surface area contributed by atoms with Crippen molar-refractivity contribution in [2.75, 3.05) is 23.7 Å². The van der Waals surface area contributed by atoms with Crippen molar-refractivity contribution in [1.29, 1.82) is 0 Å². The first-order valence-corrected chi connectivity index (χ1v) is 5.91. The number of β-amino-alcohol motifs (C(OH)–C–C–N with tert-alkyl or cyclic N) is 1. The van der Waals surface area contributed by atoms with Gasteiger partial charge in [-0.3, -0.25) is 4.79 Å². The van der Waals surface area contributed by atoms with Crippen LogP contribution in [0, 0.1) is 0 Å². The van der Waals surface area contributed by atoms with E-state index < -0.39 is 0 Å². The first-order valence-electron chi connectivity index (χ1n) is 5.91. The lowest BCUT2D eigenvalue weighted by atomic mass is 10.1. The second kappa shape index (κ2) is 4.75. The van der Waals surface area contributed by atoms with Gasteiger partial charge in [0.15, 0.2) is 5.78 Å². The summed E-state index contributed by atoms with van der Waals surface area (Å²) in [6.07, 6.45) is 1.57. The van der Waals surface area contributed by atoms with Crippen LogP contribution in [-0.4, -0.2) is 30.1 Å². The molecule has 0 aliphatic carbocycles. The van der Waals surface area contributed by atoms with Crippen LogP contribution in [0.4, 0.5) is 11.4 Å². The van der Waals surface area contributed by atoms with Crippen molar-refractivity contribution in [3.8, 4) is 0 Å². The highest BCUT2D eigenvalue weighted by Gasteiger charge is 2.18. The fourth-order valence-electron chi connectivity index (χ4n) is 2.26. The minimum atomic E-state index is -0.266. The van der Waals surface area contributed by atoms with Gasteiger partial charge in [0.1, 0.15) is 0 Å². The molecule has 4 heteroatoms. The predicted molar refractivity (Wildman–Crippen MR) is 68.3 cm³/mol. The number of nitrogen functional groups attached to an aromatic ring is 1. The van der Waals surface area contributed by atoms with Gasteiger partial charge < -0.3 is 15.7 Å². The molecular formula is C13H18N2O2. The van der Waals surface area contributed by atoms with Gasteiger partial charge in [-0.2, -0.15) is 0 Å². The number of hydrogen-bond donors (Lipinski definition) is 2. The smallest absolute Gasteiger partial charge is 0.161 e. The van der Waals surface area contributed by atoms with Crippen LogP contribution in [0.2, 0.25) is 0 Å². The number of aliphatic hydroxyl groups excluding tert-OH is 1. The number of carbonyl (C=O) groups is 1. The number of benzene rings is 1. The Hall–Kier alpha value is -1.55. The molecule has 0 aromatic heterocycles. The molecule has 1 aliphatic heterocycles. The molecule has 17 heavy (non-hydrogen) atoms. The van der Waals surface area contributed by atoms with Gasteiger partial charge in [0.25, 0.3) is 0 Å². The van der Waals surface area contributed by atoms with E-state index >= 15 is 0 Å². The zero-order valence-corrected chi connectivity index (χ0v) is 10.0. The molecule has 0 saturated carbocycles. The number of nitrogens with two attached hydrogens (primary N) is 1. The summed E-state index contributed by atoms with van der Waals surface area (Å²) < 4.78 is 0. The van der Waals surface area contributed by atoms with Crippen LogP contribution in [0.5, 0.6) is 0 Å². The minimum Gasteiger partial charge on any atom is -0.398 e. The van der Waals surface area contributed by atoms with E-state index in [-0.39, 0.29) is 11.9 Å². The number of nitrogens with zero attached hydrogens (tertiary/aromatic N) is 1. The van der Waals surface area contributed by atoms with E-state index in [1.807, 2.05) is 12.1 Å². The number of carbonyl (C=O) groups excluding carboxylic acids is 1. The SMILES string of the molecule is CC(=O)c1ccc(N2CCCC(O)C2)cc1N. The monoisotopic (exact) mass is 234 g/mol. The predicted octanol–water partition coefficient (Wildman–Crippen LogP) is 1.43. The summed E-state index contributed by atoms with van der Waals surface area (Å²) in [7, 11) is 0. The summed E-state index contributed by atoms with van der Waals surface area (Å²) >= 11 is 0. The summed E-state index contributed by atoms with van der Waals surface area (Å²) in [5.74, 6) is -0.0206. The van der Waals surface area contributed by atoms with E-state index in [1.165, 1.54) is 6.92 Å². The normalized spacial score (nSPS) is 20.4. The third-order valence-electron chi connectivity index (χ3n) is 3.18. The molecular weight excluding hydrogens is 216 g/mol. The molecule has 4 nitrogen and oxygen atoms in total. The van der Waals surface area contributed by atoms with Crippen LogP contribution < -0.4 is 10.6 Å². The van der Waals surface area contributed by atoms with Gasteiger partial charge in [0.05, 0.1) is 6.10 Å².